The van der Waals surface area contributed by atoms with Crippen LogP contribution >= 0.6 is 0 Å². The molecule has 2 unspecified atom stereocenters. The van der Waals surface area contributed by atoms with Crippen LogP contribution in [0.2, 0.25) is 0 Å². The molecule has 0 bridgehead atoms. The summed E-state index contributed by atoms with van der Waals surface area (Å²) in [4.78, 5) is 12.6. The molecule has 0 radical (unpaired) electrons. The van der Waals surface area contributed by atoms with E-state index in [1.54, 1.807) is 4.90 Å². The molecule has 1 aliphatic rings. The highest BCUT2D eigenvalue weighted by Crippen LogP contribution is 2.32. The van der Waals surface area contributed by atoms with Gasteiger partial charge < -0.3 is 15.7 Å². The average molecular weight is 284 g/mol. The fraction of sp³-hybridized carbons (Fsp3) is 0.500. The van der Waals surface area contributed by atoms with Gasteiger partial charge in [-0.25, -0.2) is 13.6 Å². The third kappa shape index (κ3) is 2.47. The van der Waals surface area contributed by atoms with E-state index >= 15 is 0 Å². The number of hydrogen-bond acceptors (Lipinski definition) is 3. The van der Waals surface area contributed by atoms with Crippen LogP contribution in [0.25, 0.3) is 0 Å². The average Bonchev–Trinajstić information content (AvgIpc) is 2.41. The second-order valence-corrected chi connectivity index (χ2v) is 5.14. The van der Waals surface area contributed by atoms with Gasteiger partial charge in [-0.05, 0) is 38.3 Å². The molecule has 1 saturated heterocycles. The first-order valence-corrected chi connectivity index (χ1v) is 6.67. The number of nitrogens with two attached hydrogens (primary N) is 1. The Balaban J connectivity index is 2.46. The van der Waals surface area contributed by atoms with Crippen LogP contribution in [0.1, 0.15) is 36.5 Å². The Morgan fingerprint density at radius 2 is 2.10 bits per heavy atom. The SMILES string of the molecule is CC1CCCC(CN)N1c1ccc(C(=O)O)c(F)c1F. The maximum absolute atomic E-state index is 14.2. The van der Waals surface area contributed by atoms with Crippen molar-refractivity contribution < 1.29 is 18.7 Å². The van der Waals surface area contributed by atoms with Crippen LogP contribution in [-0.4, -0.2) is 29.7 Å². The summed E-state index contributed by atoms with van der Waals surface area (Å²) in [7, 11) is 0. The number of benzene rings is 1. The predicted molar refractivity (Wildman–Crippen MR) is 72.0 cm³/mol. The molecular weight excluding hydrogens is 266 g/mol. The smallest absolute Gasteiger partial charge is 0.338 e. The van der Waals surface area contributed by atoms with E-state index in [2.05, 4.69) is 0 Å². The second-order valence-electron chi connectivity index (χ2n) is 5.14. The summed E-state index contributed by atoms with van der Waals surface area (Å²) in [5, 5.41) is 8.80. The van der Waals surface area contributed by atoms with E-state index in [0.717, 1.165) is 25.3 Å². The molecule has 2 atom stereocenters. The van der Waals surface area contributed by atoms with Gasteiger partial charge in [0.25, 0.3) is 0 Å². The van der Waals surface area contributed by atoms with Crippen molar-refractivity contribution in [3.63, 3.8) is 0 Å². The number of nitrogens with zero attached hydrogens (tertiary/aromatic N) is 1. The molecule has 110 valence electrons. The number of aromatic carboxylic acids is 1. The van der Waals surface area contributed by atoms with E-state index in [4.69, 9.17) is 10.8 Å². The van der Waals surface area contributed by atoms with Crippen molar-refractivity contribution in [2.24, 2.45) is 5.73 Å². The second kappa shape index (κ2) is 5.75. The van der Waals surface area contributed by atoms with E-state index < -0.39 is 23.2 Å². The van der Waals surface area contributed by atoms with Crippen molar-refractivity contribution in [2.45, 2.75) is 38.3 Å². The molecule has 0 spiro atoms. The van der Waals surface area contributed by atoms with Crippen LogP contribution in [0.4, 0.5) is 14.5 Å². The van der Waals surface area contributed by atoms with E-state index in [9.17, 15) is 13.6 Å². The standard InChI is InChI=1S/C14H18F2N2O2/c1-8-3-2-4-9(7-17)18(8)11-6-5-10(14(19)20)12(15)13(11)16/h5-6,8-9H,2-4,7,17H2,1H3,(H,19,20). The van der Waals surface area contributed by atoms with E-state index in [-0.39, 0.29) is 17.8 Å². The molecule has 20 heavy (non-hydrogen) atoms. The number of carboxylic acids is 1. The van der Waals surface area contributed by atoms with Gasteiger partial charge in [-0.15, -0.1) is 0 Å². The zero-order chi connectivity index (χ0) is 14.9. The molecule has 1 heterocycles. The lowest BCUT2D eigenvalue weighted by Crippen LogP contribution is -2.49. The number of anilines is 1. The first-order chi connectivity index (χ1) is 9.47. The van der Waals surface area contributed by atoms with Crippen LogP contribution in [-0.2, 0) is 0 Å². The van der Waals surface area contributed by atoms with Gasteiger partial charge in [-0.1, -0.05) is 0 Å². The predicted octanol–water partition coefficient (Wildman–Crippen LogP) is 2.37. The zero-order valence-electron chi connectivity index (χ0n) is 11.3. The molecule has 1 aliphatic heterocycles. The van der Waals surface area contributed by atoms with Crippen LogP contribution < -0.4 is 10.6 Å². The van der Waals surface area contributed by atoms with Gasteiger partial charge in [-0.2, -0.15) is 0 Å². The Bertz CT molecular complexity index is 522. The molecule has 3 N–H and O–H groups in total. The molecule has 1 fully saturated rings. The Morgan fingerprint density at radius 3 is 2.70 bits per heavy atom. The number of piperidine rings is 1. The van der Waals surface area contributed by atoms with E-state index in [1.807, 2.05) is 6.92 Å². The van der Waals surface area contributed by atoms with Crippen molar-refractivity contribution >= 4 is 11.7 Å². The first kappa shape index (κ1) is 14.7. The van der Waals surface area contributed by atoms with E-state index in [1.165, 1.54) is 6.07 Å². The molecule has 2 rings (SSSR count). The fourth-order valence-corrected chi connectivity index (χ4v) is 2.86. The number of halogens is 2. The number of carboxylic acid groups (broad SMARTS) is 1. The molecule has 1 aromatic carbocycles. The molecule has 1 aromatic rings. The van der Waals surface area contributed by atoms with E-state index in [0.29, 0.717) is 6.54 Å². The molecule has 0 saturated carbocycles. The highest BCUT2D eigenvalue weighted by atomic mass is 19.2. The minimum absolute atomic E-state index is 0.0434. The molecule has 0 aliphatic carbocycles. The summed E-state index contributed by atoms with van der Waals surface area (Å²) in [6.45, 7) is 2.29. The summed E-state index contributed by atoms with van der Waals surface area (Å²) in [5.41, 5.74) is 5.15. The van der Waals surface area contributed by atoms with Crippen molar-refractivity contribution in [2.75, 3.05) is 11.4 Å². The van der Waals surface area contributed by atoms with Gasteiger partial charge in [0.1, 0.15) is 0 Å². The quantitative estimate of drug-likeness (QED) is 0.894. The highest BCUT2D eigenvalue weighted by Gasteiger charge is 2.31. The van der Waals surface area contributed by atoms with Gasteiger partial charge in [0.2, 0.25) is 0 Å². The van der Waals surface area contributed by atoms with Crippen LogP contribution in [0.15, 0.2) is 12.1 Å². The van der Waals surface area contributed by atoms with Crippen molar-refractivity contribution in [3.05, 3.63) is 29.3 Å². The molecule has 4 nitrogen and oxygen atoms in total. The van der Waals surface area contributed by atoms with Crippen LogP contribution in [0, 0.1) is 11.6 Å². The van der Waals surface area contributed by atoms with Gasteiger partial charge in [0.15, 0.2) is 11.6 Å². The van der Waals surface area contributed by atoms with Gasteiger partial charge in [0.05, 0.1) is 11.3 Å². The van der Waals surface area contributed by atoms with Crippen molar-refractivity contribution in [1.82, 2.24) is 0 Å². The normalized spacial score (nSPS) is 22.9. The maximum Gasteiger partial charge on any atom is 0.338 e. The summed E-state index contributed by atoms with van der Waals surface area (Å²) >= 11 is 0. The lowest BCUT2D eigenvalue weighted by atomic mass is 9.95. The molecular formula is C14H18F2N2O2. The van der Waals surface area contributed by atoms with Gasteiger partial charge in [-0.3, -0.25) is 0 Å². The maximum atomic E-state index is 14.2. The summed E-state index contributed by atoms with van der Waals surface area (Å²) < 4.78 is 28.0. The molecule has 0 amide bonds. The molecule has 6 heteroatoms. The largest absolute Gasteiger partial charge is 0.478 e. The highest BCUT2D eigenvalue weighted by molar-refractivity contribution is 5.88. The summed E-state index contributed by atoms with van der Waals surface area (Å²) in [6.07, 6.45) is 2.69. The number of carbonyl (C=O) groups is 1. The third-order valence-electron chi connectivity index (χ3n) is 3.87. The minimum atomic E-state index is -1.48. The monoisotopic (exact) mass is 284 g/mol. The molecule has 0 aromatic heterocycles. The van der Waals surface area contributed by atoms with Gasteiger partial charge >= 0.3 is 5.97 Å². The lowest BCUT2D eigenvalue weighted by Gasteiger charge is -2.42. The first-order valence-electron chi connectivity index (χ1n) is 6.67. The minimum Gasteiger partial charge on any atom is -0.478 e. The Morgan fingerprint density at radius 1 is 1.40 bits per heavy atom. The van der Waals surface area contributed by atoms with Crippen molar-refractivity contribution in [1.29, 1.82) is 0 Å². The number of hydrogen-bond donors (Lipinski definition) is 2. The van der Waals surface area contributed by atoms with Crippen LogP contribution in [0.5, 0.6) is 0 Å². The van der Waals surface area contributed by atoms with Crippen molar-refractivity contribution in [3.8, 4) is 0 Å². The Kier molecular flexibility index (Phi) is 4.23. The van der Waals surface area contributed by atoms with Crippen LogP contribution in [0.3, 0.4) is 0 Å². The summed E-state index contributed by atoms with van der Waals surface area (Å²) in [6, 6.07) is 2.42. The zero-order valence-corrected chi connectivity index (χ0v) is 11.3. The van der Waals surface area contributed by atoms with Gasteiger partial charge in [0, 0.05) is 18.6 Å². The topological polar surface area (TPSA) is 66.6 Å². The fourth-order valence-electron chi connectivity index (χ4n) is 2.86. The Labute approximate surface area is 116 Å². The Hall–Kier alpha value is -1.69. The summed E-state index contributed by atoms with van der Waals surface area (Å²) in [5.74, 6) is -3.91. The third-order valence-corrected chi connectivity index (χ3v) is 3.87. The lowest BCUT2D eigenvalue weighted by molar-refractivity contribution is 0.0690. The number of rotatable bonds is 3.